The first kappa shape index (κ1) is 9.45. The van der Waals surface area contributed by atoms with Crippen molar-refractivity contribution in [1.82, 2.24) is 0 Å². The van der Waals surface area contributed by atoms with E-state index < -0.39 is 0 Å². The molecule has 1 heteroatoms. The summed E-state index contributed by atoms with van der Waals surface area (Å²) in [7, 11) is 0. The molecule has 1 aromatic rings. The second-order valence-corrected chi connectivity index (χ2v) is 3.90. The van der Waals surface area contributed by atoms with E-state index in [4.69, 9.17) is 0 Å². The van der Waals surface area contributed by atoms with Crippen LogP contribution >= 0.6 is 0 Å². The molecule has 0 atom stereocenters. The average molecular weight is 189 g/mol. The molecule has 0 aromatic heterocycles. The predicted octanol–water partition coefficient (Wildman–Crippen LogP) is 3.83. The van der Waals surface area contributed by atoms with Crippen molar-refractivity contribution in [3.8, 4) is 0 Å². The van der Waals surface area contributed by atoms with E-state index in [1.54, 1.807) is 12.1 Å². The maximum atomic E-state index is 13.6. The Labute approximate surface area is 84.5 Å². The molecule has 0 aliphatic heterocycles. The van der Waals surface area contributed by atoms with Crippen LogP contribution in [0.1, 0.15) is 36.8 Å². The first-order valence-electron chi connectivity index (χ1n) is 4.98. The number of hydrogen-bond acceptors (Lipinski definition) is 0. The van der Waals surface area contributed by atoms with Crippen LogP contribution in [0.15, 0.2) is 30.9 Å². The summed E-state index contributed by atoms with van der Waals surface area (Å²) < 4.78 is 13.6. The normalized spacial score (nSPS) is 15.9. The lowest BCUT2D eigenvalue weighted by molar-refractivity contribution is 0.609. The fraction of sp³-hybridized carbons (Fsp3) is 0.308. The van der Waals surface area contributed by atoms with Crippen LogP contribution in [-0.4, -0.2) is 0 Å². The molecule has 1 aliphatic rings. The Bertz CT molecular complexity index is 350. The maximum Gasteiger partial charge on any atom is 0.126 e. The van der Waals surface area contributed by atoms with Crippen LogP contribution in [0.3, 0.4) is 0 Å². The van der Waals surface area contributed by atoms with Gasteiger partial charge in [-0.2, -0.15) is 0 Å². The van der Waals surface area contributed by atoms with E-state index in [0.29, 0.717) is 5.92 Å². The molecule has 0 amide bonds. The Balaban J connectivity index is 2.29. The van der Waals surface area contributed by atoms with E-state index in [2.05, 4.69) is 6.58 Å². The van der Waals surface area contributed by atoms with Gasteiger partial charge in [0.1, 0.15) is 5.82 Å². The number of halogens is 1. The highest BCUT2D eigenvalue weighted by Crippen LogP contribution is 2.41. The topological polar surface area (TPSA) is 0 Å². The van der Waals surface area contributed by atoms with Crippen molar-refractivity contribution >= 4 is 0 Å². The lowest BCUT2D eigenvalue weighted by Crippen LogP contribution is -1.94. The van der Waals surface area contributed by atoms with Gasteiger partial charge in [0.2, 0.25) is 0 Å². The van der Waals surface area contributed by atoms with Crippen LogP contribution in [0.25, 0.3) is 0 Å². The number of rotatable bonds is 3. The lowest BCUT2D eigenvalue weighted by Gasteiger charge is -2.07. The molecule has 1 fully saturated rings. The van der Waals surface area contributed by atoms with Crippen molar-refractivity contribution in [3.63, 3.8) is 0 Å². The van der Waals surface area contributed by atoms with E-state index in [1.165, 1.54) is 0 Å². The molecule has 0 saturated heterocycles. The summed E-state index contributed by atoms with van der Waals surface area (Å²) in [5.74, 6) is 1.44. The molecule has 0 heterocycles. The third kappa shape index (κ3) is 1.72. The molecule has 0 spiro atoms. The van der Waals surface area contributed by atoms with Gasteiger partial charge < -0.3 is 0 Å². The van der Waals surface area contributed by atoms with Crippen LogP contribution in [0, 0.1) is 11.7 Å². The van der Waals surface area contributed by atoms with Crippen molar-refractivity contribution in [2.75, 3.05) is 0 Å². The van der Waals surface area contributed by atoms with Gasteiger partial charge in [0.05, 0.1) is 0 Å². The van der Waals surface area contributed by atoms with Gasteiger partial charge in [-0.3, -0.25) is 0 Å². The quantitative estimate of drug-likeness (QED) is 0.677. The smallest absolute Gasteiger partial charge is 0.126 e. The molecule has 0 bridgehead atoms. The Morgan fingerprint density at radius 2 is 2.21 bits per heavy atom. The summed E-state index contributed by atoms with van der Waals surface area (Å²) in [6, 6.07) is 5.51. The van der Waals surface area contributed by atoms with Gasteiger partial charge >= 0.3 is 0 Å². The van der Waals surface area contributed by atoms with E-state index in [1.807, 2.05) is 19.1 Å². The molecule has 2 rings (SSSR count). The number of hydrogen-bond donors (Lipinski definition) is 0. The SMILES string of the molecule is C=C[C](C)c1ccc(C2CC2)c(F)c1. The van der Waals surface area contributed by atoms with E-state index in [9.17, 15) is 4.39 Å². The minimum atomic E-state index is -0.0637. The lowest BCUT2D eigenvalue weighted by atomic mass is 9.98. The maximum absolute atomic E-state index is 13.6. The van der Waals surface area contributed by atoms with Crippen LogP contribution < -0.4 is 0 Å². The highest BCUT2D eigenvalue weighted by atomic mass is 19.1. The molecule has 73 valence electrons. The standard InChI is InChI=1S/C13H14F/c1-3-9(2)11-6-7-12(10-4-5-10)13(14)8-11/h3,6-8,10H,1,4-5H2,2H3. The van der Waals surface area contributed by atoms with E-state index >= 15 is 0 Å². The van der Waals surface area contributed by atoms with Gasteiger partial charge in [0.15, 0.2) is 0 Å². The zero-order valence-electron chi connectivity index (χ0n) is 8.39. The highest BCUT2D eigenvalue weighted by Gasteiger charge is 2.26. The van der Waals surface area contributed by atoms with Crippen LogP contribution in [0.4, 0.5) is 4.39 Å². The van der Waals surface area contributed by atoms with Crippen LogP contribution in [0.2, 0.25) is 0 Å². The van der Waals surface area contributed by atoms with E-state index in [0.717, 1.165) is 29.9 Å². The monoisotopic (exact) mass is 189 g/mol. The second kappa shape index (κ2) is 3.56. The number of allylic oxidation sites excluding steroid dienone is 1. The molecule has 1 saturated carbocycles. The number of benzene rings is 1. The van der Waals surface area contributed by atoms with Gasteiger partial charge in [-0.05, 0) is 36.0 Å². The Morgan fingerprint density at radius 3 is 2.71 bits per heavy atom. The summed E-state index contributed by atoms with van der Waals surface area (Å²) in [6.07, 6.45) is 4.03. The summed E-state index contributed by atoms with van der Waals surface area (Å²) in [4.78, 5) is 0. The fourth-order valence-electron chi connectivity index (χ4n) is 1.62. The van der Waals surface area contributed by atoms with Gasteiger partial charge in [-0.15, -0.1) is 6.58 Å². The largest absolute Gasteiger partial charge is 0.207 e. The van der Waals surface area contributed by atoms with E-state index in [-0.39, 0.29) is 5.82 Å². The summed E-state index contributed by atoms with van der Waals surface area (Å²) in [5, 5.41) is 0. The summed E-state index contributed by atoms with van der Waals surface area (Å²) in [5.41, 5.74) is 1.81. The molecule has 0 nitrogen and oxygen atoms in total. The first-order chi connectivity index (χ1) is 6.72. The minimum absolute atomic E-state index is 0.0637. The fourth-order valence-corrected chi connectivity index (χ4v) is 1.62. The highest BCUT2D eigenvalue weighted by molar-refractivity contribution is 5.39. The van der Waals surface area contributed by atoms with Crippen LogP contribution in [-0.2, 0) is 0 Å². The molecule has 1 aromatic carbocycles. The second-order valence-electron chi connectivity index (χ2n) is 3.90. The van der Waals surface area contributed by atoms with Crippen molar-refractivity contribution in [3.05, 3.63) is 53.7 Å². The van der Waals surface area contributed by atoms with Gasteiger partial charge in [-0.25, -0.2) is 4.39 Å². The van der Waals surface area contributed by atoms with Crippen LogP contribution in [0.5, 0.6) is 0 Å². The zero-order chi connectivity index (χ0) is 10.1. The molecular weight excluding hydrogens is 175 g/mol. The Kier molecular flexibility index (Phi) is 2.40. The molecule has 1 radical (unpaired) electrons. The molecule has 1 aliphatic carbocycles. The van der Waals surface area contributed by atoms with Gasteiger partial charge in [0.25, 0.3) is 0 Å². The minimum Gasteiger partial charge on any atom is -0.207 e. The first-order valence-corrected chi connectivity index (χ1v) is 4.98. The van der Waals surface area contributed by atoms with Crippen molar-refractivity contribution in [2.45, 2.75) is 25.7 Å². The van der Waals surface area contributed by atoms with Gasteiger partial charge in [-0.1, -0.05) is 25.1 Å². The summed E-state index contributed by atoms with van der Waals surface area (Å²) in [6.45, 7) is 5.62. The van der Waals surface area contributed by atoms with Gasteiger partial charge in [0, 0.05) is 5.92 Å². The Hall–Kier alpha value is -1.11. The van der Waals surface area contributed by atoms with Crippen molar-refractivity contribution in [1.29, 1.82) is 0 Å². The third-order valence-electron chi connectivity index (χ3n) is 2.78. The predicted molar refractivity (Wildman–Crippen MR) is 56.6 cm³/mol. The average Bonchev–Trinajstić information content (AvgIpc) is 3.00. The molecule has 0 N–H and O–H groups in total. The van der Waals surface area contributed by atoms with Crippen molar-refractivity contribution in [2.24, 2.45) is 0 Å². The summed E-state index contributed by atoms with van der Waals surface area (Å²) >= 11 is 0. The zero-order valence-corrected chi connectivity index (χ0v) is 8.39. The molecule has 0 unspecified atom stereocenters. The Morgan fingerprint density at radius 1 is 1.50 bits per heavy atom. The van der Waals surface area contributed by atoms with Crippen molar-refractivity contribution < 1.29 is 4.39 Å². The third-order valence-corrected chi connectivity index (χ3v) is 2.78. The molecular formula is C13H14F. The molecule has 14 heavy (non-hydrogen) atoms.